The van der Waals surface area contributed by atoms with Gasteiger partial charge in [0.05, 0.1) is 0 Å². The largest absolute Gasteiger partial charge is 0.327 e. The minimum Gasteiger partial charge on any atom is -0.327 e. The zero-order chi connectivity index (χ0) is 4.28. The molecule has 1 atom stereocenters. The van der Waals surface area contributed by atoms with E-state index in [1.807, 2.05) is 6.92 Å². The summed E-state index contributed by atoms with van der Waals surface area (Å²) in [5.74, 6) is 0. The maximum absolute atomic E-state index is 5.24. The molecule has 5 heavy (non-hydrogen) atoms. The van der Waals surface area contributed by atoms with E-state index >= 15 is 0 Å². The van der Waals surface area contributed by atoms with Crippen molar-refractivity contribution in [1.29, 1.82) is 0 Å². The quantitative estimate of drug-likeness (QED) is 0.531. The van der Waals surface area contributed by atoms with Crippen molar-refractivity contribution in [3.63, 3.8) is 0 Å². The predicted molar refractivity (Wildman–Crippen MR) is 27.4 cm³/mol. The summed E-state index contributed by atoms with van der Waals surface area (Å²) in [5, 5.41) is 0.896. The first-order valence-corrected chi connectivity index (χ1v) is 2.71. The highest BCUT2D eigenvalue weighted by Crippen LogP contribution is 1.80. The van der Waals surface area contributed by atoms with Gasteiger partial charge >= 0.3 is 0 Å². The SMILES string of the molecule is CC(N)CBr. The zero-order valence-corrected chi connectivity index (χ0v) is 4.83. The molecule has 0 aromatic rings. The molecule has 0 saturated carbocycles. The van der Waals surface area contributed by atoms with Crippen LogP contribution in [-0.2, 0) is 0 Å². The summed E-state index contributed by atoms with van der Waals surface area (Å²) >= 11 is 3.19. The Morgan fingerprint density at radius 2 is 2.20 bits per heavy atom. The van der Waals surface area contributed by atoms with Gasteiger partial charge in [-0.1, -0.05) is 15.9 Å². The molecule has 1 unspecified atom stereocenters. The van der Waals surface area contributed by atoms with Crippen LogP contribution in [0, 0.1) is 0 Å². The van der Waals surface area contributed by atoms with E-state index < -0.39 is 0 Å². The van der Waals surface area contributed by atoms with Gasteiger partial charge in [0.2, 0.25) is 0 Å². The molecule has 0 heterocycles. The number of hydrogen-bond donors (Lipinski definition) is 1. The van der Waals surface area contributed by atoms with Crippen molar-refractivity contribution < 1.29 is 0 Å². The van der Waals surface area contributed by atoms with E-state index in [9.17, 15) is 0 Å². The summed E-state index contributed by atoms with van der Waals surface area (Å²) in [6.07, 6.45) is 0. The summed E-state index contributed by atoms with van der Waals surface area (Å²) in [7, 11) is 0. The molecule has 2 heteroatoms. The van der Waals surface area contributed by atoms with E-state index in [-0.39, 0.29) is 0 Å². The molecule has 0 saturated heterocycles. The van der Waals surface area contributed by atoms with Gasteiger partial charge in [0.1, 0.15) is 0 Å². The average molecular weight is 138 g/mol. The van der Waals surface area contributed by atoms with Gasteiger partial charge < -0.3 is 5.73 Å². The molecule has 0 rings (SSSR count). The number of alkyl halides is 1. The maximum Gasteiger partial charge on any atom is 0.0181 e. The minimum absolute atomic E-state index is 0.301. The second-order valence-corrected chi connectivity index (χ2v) is 1.78. The molecule has 1 nitrogen and oxygen atoms in total. The molecule has 0 fully saturated rings. The Bertz CT molecular complexity index is 20.9. The molecular weight excluding hydrogens is 130 g/mol. The third kappa shape index (κ3) is 4.44. The Morgan fingerprint density at radius 1 is 2.00 bits per heavy atom. The topological polar surface area (TPSA) is 26.0 Å². The van der Waals surface area contributed by atoms with E-state index in [1.54, 1.807) is 0 Å². The van der Waals surface area contributed by atoms with Crippen LogP contribution in [0.5, 0.6) is 0 Å². The lowest BCUT2D eigenvalue weighted by Crippen LogP contribution is -2.15. The Morgan fingerprint density at radius 3 is 2.20 bits per heavy atom. The molecule has 0 amide bonds. The van der Waals surface area contributed by atoms with Crippen LogP contribution in [0.25, 0.3) is 0 Å². The van der Waals surface area contributed by atoms with E-state index in [0.717, 1.165) is 5.33 Å². The highest BCUT2D eigenvalue weighted by atomic mass is 79.9. The molecule has 2 N–H and O–H groups in total. The summed E-state index contributed by atoms with van der Waals surface area (Å²) in [6, 6.07) is 0.301. The highest BCUT2D eigenvalue weighted by molar-refractivity contribution is 9.09. The fourth-order valence-electron chi connectivity index (χ4n) is 0. The van der Waals surface area contributed by atoms with Crippen LogP contribution in [0.15, 0.2) is 0 Å². The molecule has 0 bridgehead atoms. The smallest absolute Gasteiger partial charge is 0.0181 e. The van der Waals surface area contributed by atoms with Crippen molar-refractivity contribution >= 4 is 15.9 Å². The molecule has 0 aliphatic heterocycles. The minimum atomic E-state index is 0.301. The van der Waals surface area contributed by atoms with Crippen molar-refractivity contribution in [3.8, 4) is 0 Å². The average Bonchev–Trinajstić information content (AvgIpc) is 1.38. The van der Waals surface area contributed by atoms with Crippen LogP contribution in [0.1, 0.15) is 6.92 Å². The summed E-state index contributed by atoms with van der Waals surface area (Å²) < 4.78 is 0. The van der Waals surface area contributed by atoms with Crippen LogP contribution in [0.3, 0.4) is 0 Å². The van der Waals surface area contributed by atoms with Crippen molar-refractivity contribution in [1.82, 2.24) is 0 Å². The summed E-state index contributed by atoms with van der Waals surface area (Å²) in [4.78, 5) is 0. The van der Waals surface area contributed by atoms with Crippen molar-refractivity contribution in [2.75, 3.05) is 5.33 Å². The lowest BCUT2D eigenvalue weighted by atomic mass is 10.4. The molecule has 32 valence electrons. The molecule has 0 aliphatic rings. The van der Waals surface area contributed by atoms with Crippen molar-refractivity contribution in [2.45, 2.75) is 13.0 Å². The standard InChI is InChI=1S/C3H8BrN/c1-3(5)2-4/h3H,2,5H2,1H3. The molecule has 0 spiro atoms. The first-order valence-electron chi connectivity index (χ1n) is 1.59. The number of nitrogens with two attached hydrogens (primary N) is 1. The van der Waals surface area contributed by atoms with Crippen LogP contribution >= 0.6 is 15.9 Å². The van der Waals surface area contributed by atoms with Crippen molar-refractivity contribution in [2.24, 2.45) is 5.73 Å². The Kier molecular flexibility index (Phi) is 2.90. The lowest BCUT2D eigenvalue weighted by molar-refractivity contribution is 0.854. The molecule has 0 radical (unpaired) electrons. The van der Waals surface area contributed by atoms with E-state index in [1.165, 1.54) is 0 Å². The second-order valence-electron chi connectivity index (χ2n) is 1.13. The lowest BCUT2D eigenvalue weighted by Gasteiger charge is -1.90. The van der Waals surface area contributed by atoms with Gasteiger partial charge in [0, 0.05) is 11.4 Å². The van der Waals surface area contributed by atoms with Gasteiger partial charge in [0.15, 0.2) is 0 Å². The van der Waals surface area contributed by atoms with E-state index in [4.69, 9.17) is 5.73 Å². The normalized spacial score (nSPS) is 15.0. The van der Waals surface area contributed by atoms with Crippen LogP contribution in [-0.4, -0.2) is 11.4 Å². The second kappa shape index (κ2) is 2.67. The van der Waals surface area contributed by atoms with Crippen LogP contribution < -0.4 is 5.73 Å². The van der Waals surface area contributed by atoms with Crippen LogP contribution in [0.2, 0.25) is 0 Å². The van der Waals surface area contributed by atoms with Crippen molar-refractivity contribution in [3.05, 3.63) is 0 Å². The Hall–Kier alpha value is 0.440. The Labute approximate surface area is 40.7 Å². The molecule has 0 aliphatic carbocycles. The zero-order valence-electron chi connectivity index (χ0n) is 3.24. The number of rotatable bonds is 1. The van der Waals surface area contributed by atoms with E-state index in [2.05, 4.69) is 15.9 Å². The predicted octanol–water partition coefficient (Wildman–Crippen LogP) is 0.729. The number of halogens is 1. The maximum atomic E-state index is 5.24. The van der Waals surface area contributed by atoms with E-state index in [0.29, 0.717) is 6.04 Å². The third-order valence-corrected chi connectivity index (χ3v) is 1.26. The van der Waals surface area contributed by atoms with Gasteiger partial charge in [-0.25, -0.2) is 0 Å². The molecule has 0 aromatic heterocycles. The van der Waals surface area contributed by atoms with Crippen LogP contribution in [0.4, 0.5) is 0 Å². The number of hydrogen-bond acceptors (Lipinski definition) is 1. The van der Waals surface area contributed by atoms with Gasteiger partial charge in [-0.3, -0.25) is 0 Å². The fourth-order valence-corrected chi connectivity index (χ4v) is 0. The fraction of sp³-hybridized carbons (Fsp3) is 1.00. The summed E-state index contributed by atoms with van der Waals surface area (Å²) in [6.45, 7) is 1.95. The van der Waals surface area contributed by atoms with Gasteiger partial charge in [0.25, 0.3) is 0 Å². The highest BCUT2D eigenvalue weighted by Gasteiger charge is 1.81. The molecule has 0 aromatic carbocycles. The first kappa shape index (κ1) is 5.44. The van der Waals surface area contributed by atoms with Gasteiger partial charge in [-0.15, -0.1) is 0 Å². The summed E-state index contributed by atoms with van der Waals surface area (Å²) in [5.41, 5.74) is 5.24. The molecular formula is C3H8BrN. The monoisotopic (exact) mass is 137 g/mol. The van der Waals surface area contributed by atoms with Gasteiger partial charge in [-0.05, 0) is 6.92 Å². The first-order chi connectivity index (χ1) is 2.27. The Balaban J connectivity index is 2.54. The third-order valence-electron chi connectivity index (χ3n) is 0.243. The van der Waals surface area contributed by atoms with Gasteiger partial charge in [-0.2, -0.15) is 0 Å².